The highest BCUT2D eigenvalue weighted by Gasteiger charge is 2.60. The minimum absolute atomic E-state index is 0.0862. The van der Waals surface area contributed by atoms with Gasteiger partial charge in [0.05, 0.1) is 12.2 Å². The van der Waals surface area contributed by atoms with Crippen LogP contribution in [0, 0.1) is 41.4 Å². The van der Waals surface area contributed by atoms with E-state index < -0.39 is 0 Å². The summed E-state index contributed by atoms with van der Waals surface area (Å²) < 4.78 is 0. The lowest BCUT2D eigenvalue weighted by Crippen LogP contribution is -2.59. The van der Waals surface area contributed by atoms with Crippen molar-refractivity contribution in [3.63, 3.8) is 0 Å². The zero-order valence-corrected chi connectivity index (χ0v) is 20.6. The highest BCUT2D eigenvalue weighted by atomic mass is 16.2. The lowest BCUT2D eigenvalue weighted by Gasteiger charge is -2.60. The molecule has 1 aromatic rings. The van der Waals surface area contributed by atoms with Crippen LogP contribution < -0.4 is 5.32 Å². The number of rotatable bonds is 4. The number of amides is 2. The summed E-state index contributed by atoms with van der Waals surface area (Å²) in [6.07, 6.45) is 13.6. The van der Waals surface area contributed by atoms with Crippen LogP contribution in [0.2, 0.25) is 0 Å². The second-order valence-corrected chi connectivity index (χ2v) is 11.7. The second kappa shape index (κ2) is 8.25. The summed E-state index contributed by atoms with van der Waals surface area (Å²) in [5.41, 5.74) is 2.42. The first-order valence-corrected chi connectivity index (χ1v) is 12.9. The average molecular weight is 450 g/mol. The van der Waals surface area contributed by atoms with Crippen LogP contribution in [0.25, 0.3) is 0 Å². The van der Waals surface area contributed by atoms with E-state index in [1.807, 2.05) is 37.1 Å². The molecule has 3 aliphatic carbocycles. The first-order chi connectivity index (χ1) is 15.7. The number of hydrogen-bond acceptors (Lipinski definition) is 3. The molecule has 1 N–H and O–H groups in total. The summed E-state index contributed by atoms with van der Waals surface area (Å²) in [7, 11) is 1.98. The maximum Gasteiger partial charge on any atom is 0.246 e. The maximum atomic E-state index is 12.9. The van der Waals surface area contributed by atoms with E-state index in [1.165, 1.54) is 25.7 Å². The Bertz CT molecular complexity index is 974. The number of carbonyl (C=O) groups is 2. The first-order valence-electron chi connectivity index (χ1n) is 12.9. The number of nitrogens with one attached hydrogen (secondary N) is 1. The van der Waals surface area contributed by atoms with Crippen molar-refractivity contribution in [1.82, 2.24) is 15.2 Å². The Kier molecular flexibility index (Phi) is 5.65. The molecule has 0 spiro atoms. The Hall–Kier alpha value is -2.17. The molecule has 4 aliphatic rings. The SMILES string of the molecule is Cc1cccnc1CNC(=O)C[C@H]1CCC2C3CCC4N(C)C(=O)C=C[C@]4(C)C3CC[C@@]21C. The number of hydrogen-bond donors (Lipinski definition) is 1. The molecule has 1 aromatic heterocycles. The molecule has 5 rings (SSSR count). The molecule has 5 nitrogen and oxygen atoms in total. The van der Waals surface area contributed by atoms with Crippen LogP contribution in [0.5, 0.6) is 0 Å². The van der Waals surface area contributed by atoms with E-state index in [0.29, 0.717) is 42.7 Å². The normalized spacial score (nSPS) is 39.6. The van der Waals surface area contributed by atoms with Crippen molar-refractivity contribution >= 4 is 11.8 Å². The Morgan fingerprint density at radius 2 is 2.00 bits per heavy atom. The molecule has 7 atom stereocenters. The van der Waals surface area contributed by atoms with E-state index in [-0.39, 0.29) is 22.6 Å². The lowest BCUT2D eigenvalue weighted by molar-refractivity contribution is -0.139. The molecular weight excluding hydrogens is 410 g/mol. The van der Waals surface area contributed by atoms with Gasteiger partial charge in [-0.1, -0.05) is 26.0 Å². The molecule has 0 saturated heterocycles. The monoisotopic (exact) mass is 449 g/mol. The van der Waals surface area contributed by atoms with Crippen LogP contribution in [-0.2, 0) is 16.1 Å². The van der Waals surface area contributed by atoms with Crippen LogP contribution in [-0.4, -0.2) is 34.8 Å². The van der Waals surface area contributed by atoms with Crippen molar-refractivity contribution in [2.24, 2.45) is 34.5 Å². The van der Waals surface area contributed by atoms with E-state index >= 15 is 0 Å². The number of carbonyl (C=O) groups excluding carboxylic acids is 2. The van der Waals surface area contributed by atoms with E-state index in [2.05, 4.69) is 30.2 Å². The van der Waals surface area contributed by atoms with Crippen LogP contribution in [0.15, 0.2) is 30.5 Å². The number of fused-ring (bicyclic) bond motifs is 5. The largest absolute Gasteiger partial charge is 0.350 e. The Morgan fingerprint density at radius 3 is 2.79 bits per heavy atom. The van der Waals surface area contributed by atoms with Gasteiger partial charge in [-0.05, 0) is 92.2 Å². The first kappa shape index (κ1) is 22.6. The molecule has 0 bridgehead atoms. The van der Waals surface area contributed by atoms with Gasteiger partial charge in [0.2, 0.25) is 11.8 Å². The summed E-state index contributed by atoms with van der Waals surface area (Å²) in [4.78, 5) is 31.6. The summed E-state index contributed by atoms with van der Waals surface area (Å²) in [6, 6.07) is 4.31. The highest BCUT2D eigenvalue weighted by Crippen LogP contribution is 2.65. The lowest BCUT2D eigenvalue weighted by atomic mass is 9.47. The fourth-order valence-corrected chi connectivity index (χ4v) is 8.36. The average Bonchev–Trinajstić information content (AvgIpc) is 3.12. The van der Waals surface area contributed by atoms with Crippen molar-refractivity contribution in [3.05, 3.63) is 41.7 Å². The van der Waals surface area contributed by atoms with Crippen LogP contribution in [0.1, 0.15) is 70.1 Å². The van der Waals surface area contributed by atoms with E-state index in [4.69, 9.17) is 0 Å². The molecule has 3 saturated carbocycles. The molecule has 2 amide bonds. The Balaban J connectivity index is 1.27. The third kappa shape index (κ3) is 3.63. The number of pyridine rings is 1. The zero-order chi connectivity index (χ0) is 23.4. The van der Waals surface area contributed by atoms with Gasteiger partial charge in [-0.15, -0.1) is 0 Å². The number of aryl methyl sites for hydroxylation is 1. The quantitative estimate of drug-likeness (QED) is 0.728. The van der Waals surface area contributed by atoms with Gasteiger partial charge in [0.15, 0.2) is 0 Å². The third-order valence-electron chi connectivity index (χ3n) is 10.3. The van der Waals surface area contributed by atoms with Gasteiger partial charge in [0, 0.05) is 31.1 Å². The van der Waals surface area contributed by atoms with Crippen LogP contribution >= 0.6 is 0 Å². The molecule has 33 heavy (non-hydrogen) atoms. The molecule has 3 fully saturated rings. The minimum Gasteiger partial charge on any atom is -0.350 e. The van der Waals surface area contributed by atoms with Crippen LogP contribution in [0.3, 0.4) is 0 Å². The molecule has 2 heterocycles. The van der Waals surface area contributed by atoms with Crippen molar-refractivity contribution in [3.8, 4) is 0 Å². The predicted octanol–water partition coefficient (Wildman–Crippen LogP) is 4.65. The molecule has 4 unspecified atom stereocenters. The zero-order valence-electron chi connectivity index (χ0n) is 20.6. The number of nitrogens with zero attached hydrogens (tertiary/aromatic N) is 2. The summed E-state index contributed by atoms with van der Waals surface area (Å²) >= 11 is 0. The number of likely N-dealkylation sites (N-methyl/N-ethyl adjacent to an activating group) is 1. The van der Waals surface area contributed by atoms with Crippen molar-refractivity contribution in [1.29, 1.82) is 0 Å². The topological polar surface area (TPSA) is 62.3 Å². The Morgan fingerprint density at radius 1 is 1.18 bits per heavy atom. The number of aromatic nitrogens is 1. The van der Waals surface area contributed by atoms with Gasteiger partial charge >= 0.3 is 0 Å². The van der Waals surface area contributed by atoms with Gasteiger partial charge in [0.1, 0.15) is 0 Å². The van der Waals surface area contributed by atoms with Crippen molar-refractivity contribution < 1.29 is 9.59 Å². The molecule has 178 valence electrons. The Labute approximate surface area is 198 Å². The summed E-state index contributed by atoms with van der Waals surface area (Å²) in [5.74, 6) is 2.83. The smallest absolute Gasteiger partial charge is 0.246 e. The molecule has 5 heteroatoms. The van der Waals surface area contributed by atoms with Gasteiger partial charge < -0.3 is 10.2 Å². The van der Waals surface area contributed by atoms with Gasteiger partial charge in [0.25, 0.3) is 0 Å². The molecule has 0 radical (unpaired) electrons. The fourth-order valence-electron chi connectivity index (χ4n) is 8.36. The van der Waals surface area contributed by atoms with E-state index in [9.17, 15) is 9.59 Å². The predicted molar refractivity (Wildman–Crippen MR) is 129 cm³/mol. The summed E-state index contributed by atoms with van der Waals surface area (Å²) in [5, 5.41) is 3.14. The van der Waals surface area contributed by atoms with E-state index in [1.54, 1.807) is 6.20 Å². The van der Waals surface area contributed by atoms with Crippen molar-refractivity contribution in [2.75, 3.05) is 7.05 Å². The summed E-state index contributed by atoms with van der Waals surface area (Å²) in [6.45, 7) is 7.43. The van der Waals surface area contributed by atoms with Gasteiger partial charge in [-0.25, -0.2) is 0 Å². The molecule has 0 aromatic carbocycles. The maximum absolute atomic E-state index is 12.9. The minimum atomic E-state index is 0.0862. The third-order valence-corrected chi connectivity index (χ3v) is 10.3. The van der Waals surface area contributed by atoms with Crippen molar-refractivity contribution in [2.45, 2.75) is 78.3 Å². The standard InChI is InChI=1S/C28H39N3O2/c1-18-6-5-15-29-23(18)17-30-25(32)16-19-7-9-21-20-8-10-24-28(3,14-12-26(33)31(24)4)22(20)11-13-27(19,21)2/h5-6,12,14-15,19-22,24H,7-11,13,16-17H2,1-4H3,(H,30,32)/t19-,20?,21?,22?,24?,27-,28-/m1/s1. The second-order valence-electron chi connectivity index (χ2n) is 11.7. The van der Waals surface area contributed by atoms with E-state index in [0.717, 1.165) is 24.1 Å². The fraction of sp³-hybridized carbons (Fsp3) is 0.679. The molecule has 1 aliphatic heterocycles. The van der Waals surface area contributed by atoms with Crippen LogP contribution in [0.4, 0.5) is 0 Å². The van der Waals surface area contributed by atoms with Gasteiger partial charge in [-0.3, -0.25) is 14.6 Å². The van der Waals surface area contributed by atoms with Gasteiger partial charge in [-0.2, -0.15) is 0 Å². The molecular formula is C28H39N3O2. The highest BCUT2D eigenvalue weighted by molar-refractivity contribution is 5.89.